The van der Waals surface area contributed by atoms with Gasteiger partial charge in [0.25, 0.3) is 0 Å². The number of hydrogen-bond acceptors (Lipinski definition) is 3. The van der Waals surface area contributed by atoms with Gasteiger partial charge in [0.05, 0.1) is 6.54 Å². The van der Waals surface area contributed by atoms with Crippen molar-refractivity contribution in [1.29, 1.82) is 0 Å². The topological polar surface area (TPSA) is 61.4 Å². The van der Waals surface area contributed by atoms with Gasteiger partial charge in [-0.15, -0.1) is 0 Å². The Morgan fingerprint density at radius 1 is 1.35 bits per heavy atom. The van der Waals surface area contributed by atoms with Gasteiger partial charge in [-0.05, 0) is 24.5 Å². The molecule has 4 nitrogen and oxygen atoms in total. The van der Waals surface area contributed by atoms with Crippen molar-refractivity contribution in [3.05, 3.63) is 30.3 Å². The zero-order chi connectivity index (χ0) is 12.5. The second-order valence-electron chi connectivity index (χ2n) is 4.14. The summed E-state index contributed by atoms with van der Waals surface area (Å²) < 4.78 is 0. The molecule has 0 saturated heterocycles. The van der Waals surface area contributed by atoms with E-state index in [4.69, 9.17) is 5.11 Å². The van der Waals surface area contributed by atoms with E-state index in [0.29, 0.717) is 18.9 Å². The van der Waals surface area contributed by atoms with Crippen molar-refractivity contribution in [1.82, 2.24) is 5.32 Å². The van der Waals surface area contributed by atoms with Crippen LogP contribution in [-0.2, 0) is 4.79 Å². The SMILES string of the molecule is CC(CCO)CNC(=O)CNc1ccccc1. The van der Waals surface area contributed by atoms with Crippen LogP contribution >= 0.6 is 0 Å². The van der Waals surface area contributed by atoms with E-state index in [1.54, 1.807) is 0 Å². The number of rotatable bonds is 7. The number of aliphatic hydroxyl groups excluding tert-OH is 1. The number of para-hydroxylation sites is 1. The number of benzene rings is 1. The van der Waals surface area contributed by atoms with Crippen molar-refractivity contribution in [3.8, 4) is 0 Å². The summed E-state index contributed by atoms with van der Waals surface area (Å²) >= 11 is 0. The summed E-state index contributed by atoms with van der Waals surface area (Å²) in [5.74, 6) is 0.277. The lowest BCUT2D eigenvalue weighted by Gasteiger charge is -2.11. The number of anilines is 1. The zero-order valence-corrected chi connectivity index (χ0v) is 10.1. The molecule has 0 spiro atoms. The molecule has 1 unspecified atom stereocenters. The second-order valence-corrected chi connectivity index (χ2v) is 4.14. The van der Waals surface area contributed by atoms with Crippen LogP contribution in [0.4, 0.5) is 5.69 Å². The van der Waals surface area contributed by atoms with Crippen LogP contribution in [0.1, 0.15) is 13.3 Å². The Bertz CT molecular complexity index is 327. The van der Waals surface area contributed by atoms with Crippen molar-refractivity contribution in [2.45, 2.75) is 13.3 Å². The first-order valence-corrected chi connectivity index (χ1v) is 5.89. The van der Waals surface area contributed by atoms with Gasteiger partial charge in [0.15, 0.2) is 0 Å². The Labute approximate surface area is 102 Å². The second kappa shape index (κ2) is 7.68. The van der Waals surface area contributed by atoms with E-state index < -0.39 is 0 Å². The van der Waals surface area contributed by atoms with Crippen LogP contribution in [0.15, 0.2) is 30.3 Å². The summed E-state index contributed by atoms with van der Waals surface area (Å²) in [4.78, 5) is 11.5. The Hall–Kier alpha value is -1.55. The molecule has 0 heterocycles. The predicted octanol–water partition coefficient (Wildman–Crippen LogP) is 1.23. The minimum atomic E-state index is -0.0290. The van der Waals surface area contributed by atoms with Gasteiger partial charge in [-0.3, -0.25) is 4.79 Å². The summed E-state index contributed by atoms with van der Waals surface area (Å²) in [7, 11) is 0. The average Bonchev–Trinajstić information content (AvgIpc) is 2.35. The number of nitrogens with one attached hydrogen (secondary N) is 2. The highest BCUT2D eigenvalue weighted by Crippen LogP contribution is 2.03. The van der Waals surface area contributed by atoms with Crippen LogP contribution in [0, 0.1) is 5.92 Å². The summed E-state index contributed by atoms with van der Waals surface area (Å²) in [5, 5.41) is 14.6. The highest BCUT2D eigenvalue weighted by atomic mass is 16.3. The Balaban J connectivity index is 2.17. The molecule has 0 aliphatic carbocycles. The molecule has 0 saturated carbocycles. The highest BCUT2D eigenvalue weighted by molar-refractivity contribution is 5.80. The predicted molar refractivity (Wildman–Crippen MR) is 68.8 cm³/mol. The van der Waals surface area contributed by atoms with Crippen molar-refractivity contribution in [3.63, 3.8) is 0 Å². The van der Waals surface area contributed by atoms with Gasteiger partial charge < -0.3 is 15.7 Å². The van der Waals surface area contributed by atoms with E-state index in [-0.39, 0.29) is 19.1 Å². The Morgan fingerprint density at radius 3 is 2.71 bits per heavy atom. The quantitative estimate of drug-likeness (QED) is 0.667. The molecule has 0 bridgehead atoms. The molecule has 0 fully saturated rings. The fourth-order valence-corrected chi connectivity index (χ4v) is 1.41. The van der Waals surface area contributed by atoms with Gasteiger partial charge in [0.2, 0.25) is 5.91 Å². The Morgan fingerprint density at radius 2 is 2.06 bits per heavy atom. The van der Waals surface area contributed by atoms with Crippen molar-refractivity contribution >= 4 is 11.6 Å². The van der Waals surface area contributed by atoms with Crippen LogP contribution in [0.3, 0.4) is 0 Å². The molecule has 17 heavy (non-hydrogen) atoms. The molecule has 1 aromatic carbocycles. The molecule has 0 radical (unpaired) electrons. The molecule has 94 valence electrons. The molecule has 0 aliphatic heterocycles. The first-order valence-electron chi connectivity index (χ1n) is 5.89. The van der Waals surface area contributed by atoms with Gasteiger partial charge in [-0.25, -0.2) is 0 Å². The maximum atomic E-state index is 11.5. The minimum Gasteiger partial charge on any atom is -0.396 e. The van der Waals surface area contributed by atoms with E-state index in [9.17, 15) is 4.79 Å². The third kappa shape index (κ3) is 5.92. The van der Waals surface area contributed by atoms with Crippen molar-refractivity contribution in [2.24, 2.45) is 5.92 Å². The lowest BCUT2D eigenvalue weighted by Crippen LogP contribution is -2.33. The molecule has 4 heteroatoms. The van der Waals surface area contributed by atoms with Crippen LogP contribution in [0.25, 0.3) is 0 Å². The first-order chi connectivity index (χ1) is 8.22. The van der Waals surface area contributed by atoms with Gasteiger partial charge in [0, 0.05) is 18.8 Å². The van der Waals surface area contributed by atoms with E-state index in [1.807, 2.05) is 37.3 Å². The molecule has 0 aromatic heterocycles. The number of aliphatic hydroxyl groups is 1. The lowest BCUT2D eigenvalue weighted by atomic mass is 10.1. The lowest BCUT2D eigenvalue weighted by molar-refractivity contribution is -0.119. The minimum absolute atomic E-state index is 0.0290. The number of amides is 1. The number of hydrogen-bond donors (Lipinski definition) is 3. The van der Waals surface area contributed by atoms with Crippen LogP contribution in [0.2, 0.25) is 0 Å². The maximum Gasteiger partial charge on any atom is 0.239 e. The third-order valence-electron chi connectivity index (χ3n) is 2.50. The zero-order valence-electron chi connectivity index (χ0n) is 10.1. The highest BCUT2D eigenvalue weighted by Gasteiger charge is 2.04. The summed E-state index contributed by atoms with van der Waals surface area (Å²) in [6.07, 6.45) is 0.715. The largest absolute Gasteiger partial charge is 0.396 e. The molecule has 0 aliphatic rings. The van der Waals surface area contributed by atoms with Crippen LogP contribution < -0.4 is 10.6 Å². The summed E-state index contributed by atoms with van der Waals surface area (Å²) in [5.41, 5.74) is 0.936. The molecule has 1 amide bonds. The number of carbonyl (C=O) groups is 1. The van der Waals surface area contributed by atoms with E-state index in [2.05, 4.69) is 10.6 Å². The molecule has 1 atom stereocenters. The van der Waals surface area contributed by atoms with Crippen LogP contribution in [-0.4, -0.2) is 30.7 Å². The fraction of sp³-hybridized carbons (Fsp3) is 0.462. The number of carbonyl (C=O) groups excluding carboxylic acids is 1. The Kier molecular flexibility index (Phi) is 6.10. The molecular weight excluding hydrogens is 216 g/mol. The van der Waals surface area contributed by atoms with Crippen LogP contribution in [0.5, 0.6) is 0 Å². The summed E-state index contributed by atoms with van der Waals surface area (Å²) in [6, 6.07) is 9.61. The normalized spacial score (nSPS) is 11.9. The van der Waals surface area contributed by atoms with Gasteiger partial charge in [-0.2, -0.15) is 0 Å². The standard InChI is InChI=1S/C13H20N2O2/c1-11(7-8-16)9-15-13(17)10-14-12-5-3-2-4-6-12/h2-6,11,14,16H,7-10H2,1H3,(H,15,17). The summed E-state index contributed by atoms with van der Waals surface area (Å²) in [6.45, 7) is 3.05. The third-order valence-corrected chi connectivity index (χ3v) is 2.50. The average molecular weight is 236 g/mol. The molecule has 1 aromatic rings. The molecule has 1 rings (SSSR count). The molecule has 3 N–H and O–H groups in total. The van der Waals surface area contributed by atoms with Crippen molar-refractivity contribution in [2.75, 3.05) is 25.0 Å². The fourth-order valence-electron chi connectivity index (χ4n) is 1.41. The van der Waals surface area contributed by atoms with Gasteiger partial charge in [-0.1, -0.05) is 25.1 Å². The van der Waals surface area contributed by atoms with Crippen molar-refractivity contribution < 1.29 is 9.90 Å². The smallest absolute Gasteiger partial charge is 0.239 e. The maximum absolute atomic E-state index is 11.5. The van der Waals surface area contributed by atoms with Gasteiger partial charge >= 0.3 is 0 Å². The van der Waals surface area contributed by atoms with Gasteiger partial charge in [0.1, 0.15) is 0 Å². The molecular formula is C13H20N2O2. The van der Waals surface area contributed by atoms with E-state index in [1.165, 1.54) is 0 Å². The first kappa shape index (κ1) is 13.5. The monoisotopic (exact) mass is 236 g/mol. The van der Waals surface area contributed by atoms with E-state index >= 15 is 0 Å². The van der Waals surface area contributed by atoms with E-state index in [0.717, 1.165) is 5.69 Å².